The summed E-state index contributed by atoms with van der Waals surface area (Å²) >= 11 is 0. The van der Waals surface area contributed by atoms with Crippen LogP contribution in [0, 0.1) is 0 Å². The van der Waals surface area contributed by atoms with Gasteiger partial charge in [-0.3, -0.25) is 4.79 Å². The molecule has 0 aliphatic carbocycles. The predicted molar refractivity (Wildman–Crippen MR) is 109 cm³/mol. The minimum Gasteiger partial charge on any atom is -0.497 e. The maximum Gasteiger partial charge on any atom is 0.318 e. The van der Waals surface area contributed by atoms with E-state index in [4.69, 9.17) is 9.47 Å². The fourth-order valence-electron chi connectivity index (χ4n) is 2.76. The Bertz CT molecular complexity index is 938. The average molecular weight is 377 g/mol. The number of hydrogen-bond donors (Lipinski definition) is 1. The number of carbonyl (C=O) groups excluding carboxylic acids is 1. The quantitative estimate of drug-likeness (QED) is 0.598. The van der Waals surface area contributed by atoms with Crippen molar-refractivity contribution < 1.29 is 14.3 Å². The van der Waals surface area contributed by atoms with Crippen LogP contribution in [0.1, 0.15) is 22.8 Å². The molecule has 0 aliphatic heterocycles. The number of ketones is 1. The molecule has 28 heavy (non-hydrogen) atoms. The summed E-state index contributed by atoms with van der Waals surface area (Å²) in [6.07, 6.45) is 0.846. The van der Waals surface area contributed by atoms with Crippen LogP contribution < -0.4 is 14.8 Å². The number of methoxy groups -OCH3 is 2. The van der Waals surface area contributed by atoms with Crippen LogP contribution in [0.5, 0.6) is 11.8 Å². The van der Waals surface area contributed by atoms with Crippen molar-refractivity contribution in [2.45, 2.75) is 13.3 Å². The van der Waals surface area contributed by atoms with E-state index in [2.05, 4.69) is 15.3 Å². The smallest absolute Gasteiger partial charge is 0.318 e. The van der Waals surface area contributed by atoms with E-state index < -0.39 is 0 Å². The Morgan fingerprint density at radius 2 is 1.68 bits per heavy atom. The minimum absolute atomic E-state index is 0.0349. The van der Waals surface area contributed by atoms with Crippen molar-refractivity contribution in [1.29, 1.82) is 0 Å². The lowest BCUT2D eigenvalue weighted by atomic mass is 10.1. The molecule has 0 saturated carbocycles. The maximum absolute atomic E-state index is 11.5. The van der Waals surface area contributed by atoms with E-state index in [9.17, 15) is 4.79 Å². The highest BCUT2D eigenvalue weighted by atomic mass is 16.5. The summed E-state index contributed by atoms with van der Waals surface area (Å²) in [6, 6.07) is 17.5. The Hall–Kier alpha value is -3.41. The zero-order valence-electron chi connectivity index (χ0n) is 16.2. The SMILES string of the molecule is COc1ccc(CCNc2cc(-c3ccc(C(C)=O)cc3)nc(OC)n2)cc1. The first kappa shape index (κ1) is 19.4. The maximum atomic E-state index is 11.5. The van der Waals surface area contributed by atoms with E-state index >= 15 is 0 Å². The van der Waals surface area contributed by atoms with Gasteiger partial charge in [-0.25, -0.2) is 0 Å². The van der Waals surface area contributed by atoms with Crippen LogP contribution in [0.4, 0.5) is 5.82 Å². The highest BCUT2D eigenvalue weighted by molar-refractivity contribution is 5.94. The van der Waals surface area contributed by atoms with E-state index in [0.29, 0.717) is 17.4 Å². The first-order chi connectivity index (χ1) is 13.6. The molecule has 0 radical (unpaired) electrons. The second-order valence-corrected chi connectivity index (χ2v) is 6.28. The number of ether oxygens (including phenoxy) is 2. The van der Waals surface area contributed by atoms with Gasteiger partial charge in [-0.1, -0.05) is 36.4 Å². The molecule has 0 bridgehead atoms. The first-order valence-electron chi connectivity index (χ1n) is 9.00. The molecule has 0 atom stereocenters. The van der Waals surface area contributed by atoms with E-state index in [1.807, 2.05) is 42.5 Å². The number of benzene rings is 2. The minimum atomic E-state index is 0.0349. The van der Waals surface area contributed by atoms with Crippen molar-refractivity contribution in [3.8, 4) is 23.0 Å². The summed E-state index contributed by atoms with van der Waals surface area (Å²) in [6.45, 7) is 2.27. The number of aromatic nitrogens is 2. The predicted octanol–water partition coefficient (Wildman–Crippen LogP) is 4.02. The number of anilines is 1. The first-order valence-corrected chi connectivity index (χ1v) is 9.00. The molecule has 0 fully saturated rings. The zero-order valence-corrected chi connectivity index (χ0v) is 16.2. The second-order valence-electron chi connectivity index (χ2n) is 6.28. The average Bonchev–Trinajstić information content (AvgIpc) is 2.74. The fraction of sp³-hybridized carbons (Fsp3) is 0.227. The van der Waals surface area contributed by atoms with Gasteiger partial charge in [-0.05, 0) is 31.0 Å². The molecular formula is C22H23N3O3. The lowest BCUT2D eigenvalue weighted by Crippen LogP contribution is -2.08. The molecule has 0 unspecified atom stereocenters. The molecule has 3 aromatic rings. The van der Waals surface area contributed by atoms with Crippen molar-refractivity contribution in [1.82, 2.24) is 9.97 Å². The number of nitrogens with zero attached hydrogens (tertiary/aromatic N) is 2. The summed E-state index contributed by atoms with van der Waals surface area (Å²) in [4.78, 5) is 20.2. The van der Waals surface area contributed by atoms with Crippen LogP contribution in [-0.4, -0.2) is 36.5 Å². The third kappa shape index (κ3) is 4.85. The Morgan fingerprint density at radius 3 is 2.29 bits per heavy atom. The highest BCUT2D eigenvalue weighted by Crippen LogP contribution is 2.23. The van der Waals surface area contributed by atoms with Gasteiger partial charge in [0.1, 0.15) is 11.6 Å². The molecule has 1 heterocycles. The van der Waals surface area contributed by atoms with Crippen molar-refractivity contribution in [3.63, 3.8) is 0 Å². The molecule has 144 valence electrons. The summed E-state index contributed by atoms with van der Waals surface area (Å²) < 4.78 is 10.4. The van der Waals surface area contributed by atoms with Gasteiger partial charge in [0.15, 0.2) is 5.78 Å². The molecule has 0 spiro atoms. The Morgan fingerprint density at radius 1 is 0.964 bits per heavy atom. The molecule has 0 saturated heterocycles. The van der Waals surface area contributed by atoms with Crippen LogP contribution in [-0.2, 0) is 6.42 Å². The summed E-state index contributed by atoms with van der Waals surface area (Å²) in [5.41, 5.74) is 3.50. The van der Waals surface area contributed by atoms with Gasteiger partial charge in [-0.2, -0.15) is 9.97 Å². The summed E-state index contributed by atoms with van der Waals surface area (Å²) in [7, 11) is 3.20. The van der Waals surface area contributed by atoms with Gasteiger partial charge in [0.05, 0.1) is 19.9 Å². The van der Waals surface area contributed by atoms with Crippen LogP contribution in [0.3, 0.4) is 0 Å². The van der Waals surface area contributed by atoms with Gasteiger partial charge in [0, 0.05) is 23.7 Å². The van der Waals surface area contributed by atoms with Crippen LogP contribution in [0.2, 0.25) is 0 Å². The molecule has 6 heteroatoms. The zero-order chi connectivity index (χ0) is 19.9. The van der Waals surface area contributed by atoms with E-state index in [1.165, 1.54) is 5.56 Å². The molecule has 1 N–H and O–H groups in total. The Balaban J connectivity index is 1.72. The Labute approximate surface area is 164 Å². The highest BCUT2D eigenvalue weighted by Gasteiger charge is 2.08. The number of nitrogens with one attached hydrogen (secondary N) is 1. The van der Waals surface area contributed by atoms with Gasteiger partial charge in [-0.15, -0.1) is 0 Å². The number of Topliss-reactive ketones (excluding diaryl/α,β-unsaturated/α-hetero) is 1. The van der Waals surface area contributed by atoms with Gasteiger partial charge in [0.25, 0.3) is 0 Å². The molecule has 3 rings (SSSR count). The van der Waals surface area contributed by atoms with Gasteiger partial charge in [0.2, 0.25) is 0 Å². The monoisotopic (exact) mass is 377 g/mol. The molecule has 0 aliphatic rings. The molecule has 1 aromatic heterocycles. The van der Waals surface area contributed by atoms with Crippen molar-refractivity contribution in [2.24, 2.45) is 0 Å². The van der Waals surface area contributed by atoms with Crippen molar-refractivity contribution >= 4 is 11.6 Å². The van der Waals surface area contributed by atoms with Crippen LogP contribution in [0.25, 0.3) is 11.3 Å². The summed E-state index contributed by atoms with van der Waals surface area (Å²) in [5, 5.41) is 3.32. The number of hydrogen-bond acceptors (Lipinski definition) is 6. The third-order valence-corrected chi connectivity index (χ3v) is 4.35. The summed E-state index contributed by atoms with van der Waals surface area (Å²) in [5.74, 6) is 1.57. The van der Waals surface area contributed by atoms with E-state index in [-0.39, 0.29) is 5.78 Å². The van der Waals surface area contributed by atoms with E-state index in [0.717, 1.165) is 30.0 Å². The molecule has 2 aromatic carbocycles. The second kappa shape index (κ2) is 8.99. The topological polar surface area (TPSA) is 73.3 Å². The largest absolute Gasteiger partial charge is 0.497 e. The van der Waals surface area contributed by atoms with Crippen LogP contribution in [0.15, 0.2) is 54.6 Å². The van der Waals surface area contributed by atoms with Crippen molar-refractivity contribution in [2.75, 3.05) is 26.1 Å². The fourth-order valence-corrected chi connectivity index (χ4v) is 2.76. The Kier molecular flexibility index (Phi) is 6.22. The normalized spacial score (nSPS) is 10.4. The van der Waals surface area contributed by atoms with Crippen molar-refractivity contribution in [3.05, 3.63) is 65.7 Å². The lowest BCUT2D eigenvalue weighted by molar-refractivity contribution is 0.101. The van der Waals surface area contributed by atoms with Gasteiger partial charge >= 0.3 is 6.01 Å². The standard InChI is InChI=1S/C22H23N3O3/c1-15(26)17-6-8-18(9-7-17)20-14-21(25-22(24-20)28-3)23-13-12-16-4-10-19(27-2)11-5-16/h4-11,14H,12-13H2,1-3H3,(H,23,24,25). The molecule has 0 amide bonds. The van der Waals surface area contributed by atoms with Gasteiger partial charge < -0.3 is 14.8 Å². The lowest BCUT2D eigenvalue weighted by Gasteiger charge is -2.10. The molecule has 6 nitrogen and oxygen atoms in total. The number of rotatable bonds is 8. The molecular weight excluding hydrogens is 354 g/mol. The number of carbonyl (C=O) groups is 1. The van der Waals surface area contributed by atoms with E-state index in [1.54, 1.807) is 33.3 Å². The van der Waals surface area contributed by atoms with Crippen LogP contribution >= 0.6 is 0 Å². The third-order valence-electron chi connectivity index (χ3n) is 4.35.